The predicted molar refractivity (Wildman–Crippen MR) is 110 cm³/mol. The third-order valence-corrected chi connectivity index (χ3v) is 5.42. The summed E-state index contributed by atoms with van der Waals surface area (Å²) in [6.45, 7) is 0.723. The molecule has 142 valence electrons. The van der Waals surface area contributed by atoms with Crippen LogP contribution in [0.2, 0.25) is 10.0 Å². The SMILES string of the molecule is COCOOCCSCCCC(c1ccc(Cl)cc1)c1ccc(Cl)cc1. The van der Waals surface area contributed by atoms with Crippen LogP contribution in [0, 0.1) is 0 Å². The molecule has 6 heteroatoms. The van der Waals surface area contributed by atoms with Crippen molar-refractivity contribution < 1.29 is 14.5 Å². The highest BCUT2D eigenvalue weighted by Gasteiger charge is 2.14. The summed E-state index contributed by atoms with van der Waals surface area (Å²) in [5.74, 6) is 2.31. The number of thioether (sulfide) groups is 1. The molecular weight excluding hydrogens is 391 g/mol. The molecule has 26 heavy (non-hydrogen) atoms. The Labute approximate surface area is 169 Å². The highest BCUT2D eigenvalue weighted by Crippen LogP contribution is 2.31. The number of halogens is 2. The van der Waals surface area contributed by atoms with E-state index < -0.39 is 0 Å². The molecule has 0 aromatic heterocycles. The molecule has 0 radical (unpaired) electrons. The number of rotatable bonds is 12. The monoisotopic (exact) mass is 414 g/mol. The van der Waals surface area contributed by atoms with Gasteiger partial charge in [-0.2, -0.15) is 11.8 Å². The topological polar surface area (TPSA) is 27.7 Å². The minimum absolute atomic E-state index is 0.161. The fourth-order valence-corrected chi connectivity index (χ4v) is 3.65. The number of benzene rings is 2. The highest BCUT2D eigenvalue weighted by atomic mass is 35.5. The van der Waals surface area contributed by atoms with Crippen LogP contribution in [0.3, 0.4) is 0 Å². The Morgan fingerprint density at radius 2 is 1.42 bits per heavy atom. The van der Waals surface area contributed by atoms with Crippen molar-refractivity contribution in [2.75, 3.05) is 32.0 Å². The second-order valence-corrected chi connectivity index (χ2v) is 7.85. The van der Waals surface area contributed by atoms with Crippen LogP contribution in [-0.4, -0.2) is 32.0 Å². The highest BCUT2D eigenvalue weighted by molar-refractivity contribution is 7.99. The van der Waals surface area contributed by atoms with E-state index in [0.29, 0.717) is 12.5 Å². The molecule has 0 atom stereocenters. The van der Waals surface area contributed by atoms with Gasteiger partial charge < -0.3 is 4.74 Å². The summed E-state index contributed by atoms with van der Waals surface area (Å²) in [7, 11) is 1.57. The van der Waals surface area contributed by atoms with Crippen LogP contribution in [0.1, 0.15) is 29.9 Å². The first-order valence-electron chi connectivity index (χ1n) is 8.52. The number of hydrogen-bond acceptors (Lipinski definition) is 4. The lowest BCUT2D eigenvalue weighted by molar-refractivity contribution is -0.329. The van der Waals surface area contributed by atoms with Crippen LogP contribution in [0.25, 0.3) is 0 Å². The van der Waals surface area contributed by atoms with Crippen molar-refractivity contribution in [1.29, 1.82) is 0 Å². The number of methoxy groups -OCH3 is 1. The standard InChI is InChI=1S/C20H24Cl2O3S/c1-23-15-25-24-12-14-26-13-2-3-20(16-4-8-18(21)9-5-16)17-6-10-19(22)11-7-17/h4-11,20H,2-3,12-15H2,1H3. The van der Waals surface area contributed by atoms with Gasteiger partial charge in [0.15, 0.2) is 6.79 Å². The summed E-state index contributed by atoms with van der Waals surface area (Å²) in [5.41, 5.74) is 2.55. The average molecular weight is 415 g/mol. The number of ether oxygens (including phenoxy) is 1. The minimum atomic E-state index is 0.161. The van der Waals surface area contributed by atoms with E-state index in [2.05, 4.69) is 24.3 Å². The first kappa shape index (κ1) is 21.5. The molecule has 0 aliphatic heterocycles. The van der Waals surface area contributed by atoms with E-state index in [-0.39, 0.29) is 6.79 Å². The van der Waals surface area contributed by atoms with Crippen LogP contribution in [0.5, 0.6) is 0 Å². The smallest absolute Gasteiger partial charge is 0.180 e. The zero-order valence-electron chi connectivity index (χ0n) is 14.8. The van der Waals surface area contributed by atoms with Crippen molar-refractivity contribution in [2.24, 2.45) is 0 Å². The van der Waals surface area contributed by atoms with Gasteiger partial charge in [0.05, 0.1) is 6.61 Å². The van der Waals surface area contributed by atoms with Gasteiger partial charge in [0, 0.05) is 28.8 Å². The lowest BCUT2D eigenvalue weighted by atomic mass is 9.88. The summed E-state index contributed by atoms with van der Waals surface area (Å²) in [5, 5.41) is 1.52. The Hall–Kier alpha value is -0.750. The molecule has 0 N–H and O–H groups in total. The van der Waals surface area contributed by atoms with Gasteiger partial charge in [-0.1, -0.05) is 47.5 Å². The van der Waals surface area contributed by atoms with Gasteiger partial charge in [-0.3, -0.25) is 0 Å². The Kier molecular flexibility index (Phi) is 10.4. The Morgan fingerprint density at radius 3 is 1.96 bits per heavy atom. The Bertz CT molecular complexity index is 574. The van der Waals surface area contributed by atoms with Crippen LogP contribution in [0.4, 0.5) is 0 Å². The summed E-state index contributed by atoms with van der Waals surface area (Å²) < 4.78 is 4.74. The fourth-order valence-electron chi connectivity index (χ4n) is 2.64. The van der Waals surface area contributed by atoms with Gasteiger partial charge in [0.2, 0.25) is 0 Å². The summed E-state index contributed by atoms with van der Waals surface area (Å²) in [4.78, 5) is 9.80. The first-order valence-corrected chi connectivity index (χ1v) is 10.4. The molecular formula is C20H24Cl2O3S. The van der Waals surface area contributed by atoms with Gasteiger partial charge in [-0.25, -0.2) is 9.78 Å². The van der Waals surface area contributed by atoms with Crippen LogP contribution in [0.15, 0.2) is 48.5 Å². The van der Waals surface area contributed by atoms with Crippen molar-refractivity contribution in [1.82, 2.24) is 0 Å². The second kappa shape index (κ2) is 12.6. The van der Waals surface area contributed by atoms with E-state index in [4.69, 9.17) is 37.7 Å². The molecule has 0 unspecified atom stereocenters. The molecule has 0 aliphatic rings. The lowest BCUT2D eigenvalue weighted by Gasteiger charge is -2.18. The molecule has 3 nitrogen and oxygen atoms in total. The molecule has 0 saturated heterocycles. The van der Waals surface area contributed by atoms with Gasteiger partial charge in [-0.05, 0) is 54.0 Å². The average Bonchev–Trinajstić information content (AvgIpc) is 2.65. The molecule has 2 aromatic carbocycles. The molecule has 2 rings (SSSR count). The zero-order valence-corrected chi connectivity index (χ0v) is 17.2. The van der Waals surface area contributed by atoms with Gasteiger partial charge in [0.1, 0.15) is 0 Å². The molecule has 0 amide bonds. The van der Waals surface area contributed by atoms with Crippen LogP contribution in [-0.2, 0) is 14.5 Å². The number of hydrogen-bond donors (Lipinski definition) is 0. The molecule has 0 fully saturated rings. The molecule has 0 bridgehead atoms. The first-order chi connectivity index (χ1) is 12.7. The molecule has 0 heterocycles. The Morgan fingerprint density at radius 1 is 0.846 bits per heavy atom. The van der Waals surface area contributed by atoms with Crippen molar-refractivity contribution in [3.8, 4) is 0 Å². The van der Waals surface area contributed by atoms with E-state index in [1.165, 1.54) is 11.1 Å². The maximum absolute atomic E-state index is 6.04. The molecule has 0 aliphatic carbocycles. The third-order valence-electron chi connectivity index (χ3n) is 3.89. The van der Waals surface area contributed by atoms with Crippen molar-refractivity contribution in [2.45, 2.75) is 18.8 Å². The zero-order chi connectivity index (χ0) is 18.6. The fraction of sp³-hybridized carbons (Fsp3) is 0.400. The van der Waals surface area contributed by atoms with E-state index in [9.17, 15) is 0 Å². The minimum Gasteiger partial charge on any atom is -0.355 e. The largest absolute Gasteiger partial charge is 0.355 e. The van der Waals surface area contributed by atoms with E-state index >= 15 is 0 Å². The van der Waals surface area contributed by atoms with Gasteiger partial charge in [-0.15, -0.1) is 0 Å². The summed E-state index contributed by atoms with van der Waals surface area (Å²) in [6, 6.07) is 16.2. The second-order valence-electron chi connectivity index (χ2n) is 5.76. The summed E-state index contributed by atoms with van der Waals surface area (Å²) in [6.07, 6.45) is 2.18. The predicted octanol–water partition coefficient (Wildman–Crippen LogP) is 6.19. The molecule has 0 saturated carbocycles. The van der Waals surface area contributed by atoms with Crippen molar-refractivity contribution in [3.63, 3.8) is 0 Å². The van der Waals surface area contributed by atoms with Crippen LogP contribution < -0.4 is 0 Å². The van der Waals surface area contributed by atoms with E-state index in [1.807, 2.05) is 36.0 Å². The van der Waals surface area contributed by atoms with Crippen molar-refractivity contribution >= 4 is 35.0 Å². The van der Waals surface area contributed by atoms with Crippen molar-refractivity contribution in [3.05, 3.63) is 69.7 Å². The molecule has 2 aromatic rings. The maximum atomic E-state index is 6.04. The normalized spacial score (nSPS) is 11.2. The van der Waals surface area contributed by atoms with Gasteiger partial charge in [0.25, 0.3) is 0 Å². The van der Waals surface area contributed by atoms with Gasteiger partial charge >= 0.3 is 0 Å². The third kappa shape index (κ3) is 7.87. The van der Waals surface area contributed by atoms with E-state index in [0.717, 1.165) is 34.4 Å². The summed E-state index contributed by atoms with van der Waals surface area (Å²) >= 11 is 13.9. The quantitative estimate of drug-likeness (QED) is 0.179. The van der Waals surface area contributed by atoms with E-state index in [1.54, 1.807) is 7.11 Å². The van der Waals surface area contributed by atoms with Crippen LogP contribution >= 0.6 is 35.0 Å². The molecule has 0 spiro atoms. The maximum Gasteiger partial charge on any atom is 0.180 e. The lowest BCUT2D eigenvalue weighted by Crippen LogP contribution is -2.04. The Balaban J connectivity index is 1.83.